The number of halogens is 1. The zero-order valence-electron chi connectivity index (χ0n) is 10.2. The zero-order valence-corrected chi connectivity index (χ0v) is 10.2. The van der Waals surface area contributed by atoms with Crippen LogP contribution in [-0.2, 0) is 0 Å². The second-order valence-corrected chi connectivity index (χ2v) is 4.84. The Hall–Kier alpha value is -1.45. The van der Waals surface area contributed by atoms with E-state index in [4.69, 9.17) is 0 Å². The number of nitrogens with zero attached hydrogens (tertiary/aromatic N) is 2. The molecule has 0 N–H and O–H groups in total. The predicted octanol–water partition coefficient (Wildman–Crippen LogP) is 2.48. The van der Waals surface area contributed by atoms with Gasteiger partial charge < -0.3 is 4.90 Å². The second kappa shape index (κ2) is 4.82. The van der Waals surface area contributed by atoms with Gasteiger partial charge in [-0.05, 0) is 44.7 Å². The summed E-state index contributed by atoms with van der Waals surface area (Å²) < 4.78 is 13.5. The number of pyridine rings is 1. The highest BCUT2D eigenvalue weighted by molar-refractivity contribution is 5.94. The van der Waals surface area contributed by atoms with Crippen molar-refractivity contribution in [3.05, 3.63) is 29.8 Å². The van der Waals surface area contributed by atoms with Crippen LogP contribution in [0.15, 0.2) is 18.3 Å². The van der Waals surface area contributed by atoms with Gasteiger partial charge in [-0.3, -0.25) is 4.79 Å². The van der Waals surface area contributed by atoms with Crippen LogP contribution in [0.2, 0.25) is 0 Å². The van der Waals surface area contributed by atoms with Crippen LogP contribution in [-0.4, -0.2) is 28.4 Å². The Morgan fingerprint density at radius 1 is 1.59 bits per heavy atom. The van der Waals surface area contributed by atoms with E-state index in [2.05, 4.69) is 4.98 Å². The fraction of sp³-hybridized carbons (Fsp3) is 0.538. The molecular weight excluding hydrogens is 219 g/mol. The van der Waals surface area contributed by atoms with Gasteiger partial charge in [0.15, 0.2) is 0 Å². The van der Waals surface area contributed by atoms with E-state index in [1.807, 2.05) is 13.8 Å². The number of hydrogen-bond acceptors (Lipinski definition) is 2. The fourth-order valence-electron chi connectivity index (χ4n) is 1.81. The highest BCUT2D eigenvalue weighted by Crippen LogP contribution is 2.30. The first-order chi connectivity index (χ1) is 8.09. The van der Waals surface area contributed by atoms with Gasteiger partial charge in [-0.2, -0.15) is 4.39 Å². The summed E-state index contributed by atoms with van der Waals surface area (Å²) in [6.45, 7) is 4.63. The minimum absolute atomic E-state index is 0.0712. The Morgan fingerprint density at radius 3 is 2.82 bits per heavy atom. The topological polar surface area (TPSA) is 33.2 Å². The maximum absolute atomic E-state index is 13.5. The summed E-state index contributed by atoms with van der Waals surface area (Å²) in [6.07, 6.45) is 3.70. The summed E-state index contributed by atoms with van der Waals surface area (Å²) in [5.74, 6) is -0.336. The molecule has 17 heavy (non-hydrogen) atoms. The van der Waals surface area contributed by atoms with E-state index in [1.165, 1.54) is 25.1 Å². The molecule has 0 spiro atoms. The molecule has 92 valence electrons. The lowest BCUT2D eigenvalue weighted by atomic mass is 10.2. The first-order valence-electron chi connectivity index (χ1n) is 6.01. The lowest BCUT2D eigenvalue weighted by Gasteiger charge is -2.26. The Labute approximate surface area is 101 Å². The first kappa shape index (κ1) is 12.0. The number of carbonyl (C=O) groups excluding carboxylic acids is 1. The number of carbonyl (C=O) groups is 1. The van der Waals surface area contributed by atoms with Gasteiger partial charge >= 0.3 is 0 Å². The molecule has 1 aliphatic carbocycles. The molecule has 0 radical (unpaired) electrons. The molecule has 0 unspecified atom stereocenters. The maximum atomic E-state index is 13.5. The highest BCUT2D eigenvalue weighted by Gasteiger charge is 2.29. The van der Waals surface area contributed by atoms with E-state index in [-0.39, 0.29) is 17.5 Å². The van der Waals surface area contributed by atoms with Crippen LogP contribution in [0.25, 0.3) is 0 Å². The molecule has 1 aromatic heterocycles. The van der Waals surface area contributed by atoms with E-state index in [1.54, 1.807) is 11.0 Å². The van der Waals surface area contributed by atoms with Crippen molar-refractivity contribution in [2.45, 2.75) is 32.7 Å². The van der Waals surface area contributed by atoms with Crippen LogP contribution in [0.4, 0.5) is 4.39 Å². The number of hydrogen-bond donors (Lipinski definition) is 0. The molecule has 1 aromatic rings. The third-order valence-corrected chi connectivity index (χ3v) is 3.03. The predicted molar refractivity (Wildman–Crippen MR) is 63.1 cm³/mol. The van der Waals surface area contributed by atoms with Crippen molar-refractivity contribution in [2.75, 3.05) is 6.54 Å². The maximum Gasteiger partial charge on any atom is 0.258 e. The van der Waals surface area contributed by atoms with E-state index in [9.17, 15) is 9.18 Å². The van der Waals surface area contributed by atoms with Gasteiger partial charge in [0.25, 0.3) is 5.91 Å². The number of rotatable bonds is 4. The van der Waals surface area contributed by atoms with Gasteiger partial charge in [-0.15, -0.1) is 0 Å². The van der Waals surface area contributed by atoms with E-state index in [0.29, 0.717) is 5.92 Å². The van der Waals surface area contributed by atoms with Crippen LogP contribution < -0.4 is 0 Å². The largest absolute Gasteiger partial charge is 0.336 e. The van der Waals surface area contributed by atoms with Crippen LogP contribution in [0, 0.1) is 11.9 Å². The smallest absolute Gasteiger partial charge is 0.258 e. The molecule has 0 atom stereocenters. The second-order valence-electron chi connectivity index (χ2n) is 4.84. The average molecular weight is 236 g/mol. The molecule has 1 aliphatic rings. The van der Waals surface area contributed by atoms with Gasteiger partial charge in [-0.25, -0.2) is 4.98 Å². The van der Waals surface area contributed by atoms with E-state index >= 15 is 0 Å². The first-order valence-corrected chi connectivity index (χ1v) is 6.01. The van der Waals surface area contributed by atoms with Crippen LogP contribution >= 0.6 is 0 Å². The highest BCUT2D eigenvalue weighted by atomic mass is 19.1. The minimum atomic E-state index is -0.682. The Morgan fingerprint density at radius 2 is 2.29 bits per heavy atom. The molecule has 1 saturated carbocycles. The van der Waals surface area contributed by atoms with Gasteiger partial charge in [-0.1, -0.05) is 0 Å². The molecule has 1 fully saturated rings. The number of aromatic nitrogens is 1. The fourth-order valence-corrected chi connectivity index (χ4v) is 1.81. The number of amides is 1. The van der Waals surface area contributed by atoms with Crippen molar-refractivity contribution in [1.82, 2.24) is 9.88 Å². The van der Waals surface area contributed by atoms with Crippen molar-refractivity contribution in [3.8, 4) is 0 Å². The molecule has 0 aromatic carbocycles. The molecule has 0 saturated heterocycles. The van der Waals surface area contributed by atoms with Crippen molar-refractivity contribution < 1.29 is 9.18 Å². The van der Waals surface area contributed by atoms with Crippen LogP contribution in [0.3, 0.4) is 0 Å². The molecule has 0 bridgehead atoms. The van der Waals surface area contributed by atoms with E-state index in [0.717, 1.165) is 6.54 Å². The monoisotopic (exact) mass is 236 g/mol. The van der Waals surface area contributed by atoms with Gasteiger partial charge in [0, 0.05) is 18.8 Å². The van der Waals surface area contributed by atoms with Crippen LogP contribution in [0.1, 0.15) is 37.0 Å². The summed E-state index contributed by atoms with van der Waals surface area (Å²) in [6, 6.07) is 3.17. The summed E-state index contributed by atoms with van der Waals surface area (Å²) >= 11 is 0. The van der Waals surface area contributed by atoms with Gasteiger partial charge in [0.1, 0.15) is 0 Å². The lowest BCUT2D eigenvalue weighted by Crippen LogP contribution is -2.39. The summed E-state index contributed by atoms with van der Waals surface area (Å²) in [4.78, 5) is 17.5. The van der Waals surface area contributed by atoms with Crippen molar-refractivity contribution >= 4 is 5.91 Å². The summed E-state index contributed by atoms with van der Waals surface area (Å²) in [7, 11) is 0. The molecule has 1 heterocycles. The Balaban J connectivity index is 2.18. The van der Waals surface area contributed by atoms with Crippen molar-refractivity contribution in [3.63, 3.8) is 0 Å². The van der Waals surface area contributed by atoms with Gasteiger partial charge in [0.2, 0.25) is 5.95 Å². The lowest BCUT2D eigenvalue weighted by molar-refractivity contribution is 0.0690. The molecule has 1 amide bonds. The summed E-state index contributed by atoms with van der Waals surface area (Å²) in [5, 5.41) is 0. The molecule has 2 rings (SSSR count). The molecule has 3 nitrogen and oxygen atoms in total. The zero-order chi connectivity index (χ0) is 12.4. The Bertz CT molecular complexity index is 416. The molecule has 4 heteroatoms. The Kier molecular flexibility index (Phi) is 3.41. The quantitative estimate of drug-likeness (QED) is 0.752. The third-order valence-electron chi connectivity index (χ3n) is 3.03. The SMILES string of the molecule is CC(C)N(CC1CC1)C(=O)c1cccnc1F. The standard InChI is InChI=1S/C13H17FN2O/c1-9(2)16(8-10-5-6-10)13(17)11-4-3-7-15-12(11)14/h3-4,7,9-10H,5-6,8H2,1-2H3. The average Bonchev–Trinajstić information content (AvgIpc) is 3.09. The summed E-state index contributed by atoms with van der Waals surface area (Å²) in [5.41, 5.74) is 0.0712. The normalized spacial score (nSPS) is 15.1. The third kappa shape index (κ3) is 2.81. The van der Waals surface area contributed by atoms with Crippen molar-refractivity contribution in [2.24, 2.45) is 5.92 Å². The molecular formula is C13H17FN2O. The van der Waals surface area contributed by atoms with Gasteiger partial charge in [0.05, 0.1) is 5.56 Å². The van der Waals surface area contributed by atoms with E-state index < -0.39 is 5.95 Å². The van der Waals surface area contributed by atoms with Crippen molar-refractivity contribution in [1.29, 1.82) is 0 Å². The molecule has 0 aliphatic heterocycles. The minimum Gasteiger partial charge on any atom is -0.336 e. The van der Waals surface area contributed by atoms with Crippen LogP contribution in [0.5, 0.6) is 0 Å².